The number of hydrogen-bond acceptors (Lipinski definition) is 3. The molecule has 1 aromatic heterocycles. The molecule has 0 fully saturated rings. The fourth-order valence-electron chi connectivity index (χ4n) is 3.24. The normalized spacial score (nSPS) is 15.7. The van der Waals surface area contributed by atoms with Crippen LogP contribution in [0, 0.1) is 11.6 Å². The summed E-state index contributed by atoms with van der Waals surface area (Å²) in [6.07, 6.45) is 0.0562. The standard InChI is InChI=1S/C19H17F2N3O2/c1-24-14-7-3-5-12(20)17(14)23-16(24)8-9-22-19(25)15-10-11-4-2-6-13(21)18(11)26-15/h2-7,15H,8-10H2,1H3,(H,22,25). The third-order valence-corrected chi connectivity index (χ3v) is 4.61. The summed E-state index contributed by atoms with van der Waals surface area (Å²) in [6.45, 7) is 0.330. The quantitative estimate of drug-likeness (QED) is 0.781. The number of aryl methyl sites for hydroxylation is 1. The number of aromatic nitrogens is 2. The van der Waals surface area contributed by atoms with Crippen molar-refractivity contribution in [1.29, 1.82) is 0 Å². The largest absolute Gasteiger partial charge is 0.477 e. The summed E-state index contributed by atoms with van der Waals surface area (Å²) < 4.78 is 34.7. The molecule has 26 heavy (non-hydrogen) atoms. The first kappa shape index (κ1) is 16.5. The van der Waals surface area contributed by atoms with Crippen LogP contribution in [0.1, 0.15) is 11.4 Å². The van der Waals surface area contributed by atoms with Crippen LogP contribution in [0.5, 0.6) is 5.75 Å². The van der Waals surface area contributed by atoms with E-state index in [0.717, 1.165) is 0 Å². The van der Waals surface area contributed by atoms with Crippen molar-refractivity contribution in [3.05, 3.63) is 59.4 Å². The van der Waals surface area contributed by atoms with Crippen molar-refractivity contribution in [2.45, 2.75) is 18.9 Å². The van der Waals surface area contributed by atoms with Crippen molar-refractivity contribution in [2.75, 3.05) is 6.54 Å². The van der Waals surface area contributed by atoms with Crippen LogP contribution >= 0.6 is 0 Å². The van der Waals surface area contributed by atoms with Gasteiger partial charge in [0.2, 0.25) is 0 Å². The third kappa shape index (κ3) is 2.79. The average Bonchev–Trinajstić information content (AvgIpc) is 3.19. The molecule has 0 radical (unpaired) electrons. The Bertz CT molecular complexity index is 1000. The number of carbonyl (C=O) groups is 1. The second-order valence-corrected chi connectivity index (χ2v) is 6.27. The Hall–Kier alpha value is -2.96. The van der Waals surface area contributed by atoms with Crippen LogP contribution in [0.15, 0.2) is 36.4 Å². The van der Waals surface area contributed by atoms with Gasteiger partial charge in [0.05, 0.1) is 5.52 Å². The Balaban J connectivity index is 1.38. The lowest BCUT2D eigenvalue weighted by Crippen LogP contribution is -2.38. The molecule has 3 aromatic rings. The van der Waals surface area contributed by atoms with E-state index in [2.05, 4.69) is 10.3 Å². The molecular weight excluding hydrogens is 340 g/mol. The van der Waals surface area contributed by atoms with Gasteiger partial charge in [-0.2, -0.15) is 0 Å². The van der Waals surface area contributed by atoms with Gasteiger partial charge < -0.3 is 14.6 Å². The topological polar surface area (TPSA) is 56.2 Å². The number of carbonyl (C=O) groups excluding carboxylic acids is 1. The number of amides is 1. The fourth-order valence-corrected chi connectivity index (χ4v) is 3.24. The predicted octanol–water partition coefficient (Wildman–Crippen LogP) is 2.51. The highest BCUT2D eigenvalue weighted by atomic mass is 19.1. The number of hydrogen-bond donors (Lipinski definition) is 1. The monoisotopic (exact) mass is 357 g/mol. The van der Waals surface area contributed by atoms with Gasteiger partial charge in [-0.05, 0) is 18.2 Å². The average molecular weight is 357 g/mol. The lowest BCUT2D eigenvalue weighted by atomic mass is 10.1. The lowest BCUT2D eigenvalue weighted by molar-refractivity contribution is -0.127. The maximum atomic E-state index is 13.8. The molecule has 7 heteroatoms. The second kappa shape index (κ2) is 6.40. The van der Waals surface area contributed by atoms with Crippen LogP contribution in [0.4, 0.5) is 8.78 Å². The Morgan fingerprint density at radius 1 is 1.27 bits per heavy atom. The molecule has 0 saturated carbocycles. The fraction of sp³-hybridized carbons (Fsp3) is 0.263. The Morgan fingerprint density at radius 3 is 2.81 bits per heavy atom. The summed E-state index contributed by atoms with van der Waals surface area (Å²) in [5, 5.41) is 2.78. The van der Waals surface area contributed by atoms with Crippen molar-refractivity contribution < 1.29 is 18.3 Å². The van der Waals surface area contributed by atoms with Gasteiger partial charge in [0.1, 0.15) is 11.3 Å². The maximum absolute atomic E-state index is 13.8. The molecule has 2 heterocycles. The zero-order valence-electron chi connectivity index (χ0n) is 14.1. The van der Waals surface area contributed by atoms with Crippen molar-refractivity contribution in [1.82, 2.24) is 14.9 Å². The lowest BCUT2D eigenvalue weighted by Gasteiger charge is -2.11. The molecule has 4 rings (SSSR count). The van der Waals surface area contributed by atoms with E-state index in [1.165, 1.54) is 12.1 Å². The molecule has 1 aliphatic heterocycles. The van der Waals surface area contributed by atoms with E-state index in [9.17, 15) is 13.6 Å². The molecule has 1 amide bonds. The number of ether oxygens (including phenoxy) is 1. The van der Waals surface area contributed by atoms with Crippen molar-refractivity contribution in [3.63, 3.8) is 0 Å². The summed E-state index contributed by atoms with van der Waals surface area (Å²) in [6, 6.07) is 9.46. The van der Waals surface area contributed by atoms with E-state index in [1.807, 2.05) is 11.6 Å². The molecule has 2 aromatic carbocycles. The molecule has 1 aliphatic rings. The zero-order chi connectivity index (χ0) is 18.3. The van der Waals surface area contributed by atoms with Crippen LogP contribution in [-0.4, -0.2) is 28.1 Å². The Morgan fingerprint density at radius 2 is 2.04 bits per heavy atom. The number of rotatable bonds is 4. The minimum absolute atomic E-state index is 0.151. The van der Waals surface area contributed by atoms with E-state index < -0.39 is 11.9 Å². The molecule has 0 aliphatic carbocycles. The van der Waals surface area contributed by atoms with E-state index in [-0.39, 0.29) is 17.5 Å². The molecule has 0 bridgehead atoms. The molecule has 0 saturated heterocycles. The highest BCUT2D eigenvalue weighted by Crippen LogP contribution is 2.31. The van der Waals surface area contributed by atoms with Gasteiger partial charge in [0.15, 0.2) is 23.5 Å². The van der Waals surface area contributed by atoms with Gasteiger partial charge in [0, 0.05) is 32.0 Å². The van der Waals surface area contributed by atoms with Gasteiger partial charge in [-0.1, -0.05) is 18.2 Å². The number of para-hydroxylation sites is 2. The van der Waals surface area contributed by atoms with Crippen molar-refractivity contribution in [3.8, 4) is 5.75 Å². The first-order valence-electron chi connectivity index (χ1n) is 8.36. The summed E-state index contributed by atoms with van der Waals surface area (Å²) in [4.78, 5) is 16.6. The number of imidazole rings is 1. The van der Waals surface area contributed by atoms with E-state index in [4.69, 9.17) is 4.74 Å². The van der Waals surface area contributed by atoms with Gasteiger partial charge >= 0.3 is 0 Å². The minimum atomic E-state index is -0.736. The Kier molecular flexibility index (Phi) is 4.06. The summed E-state index contributed by atoms with van der Waals surface area (Å²) in [5.74, 6) is -0.303. The molecule has 1 unspecified atom stereocenters. The van der Waals surface area contributed by atoms with Gasteiger partial charge in [-0.15, -0.1) is 0 Å². The predicted molar refractivity (Wildman–Crippen MR) is 91.9 cm³/mol. The molecule has 1 atom stereocenters. The van der Waals surface area contributed by atoms with Gasteiger partial charge in [-0.3, -0.25) is 4.79 Å². The highest BCUT2D eigenvalue weighted by molar-refractivity contribution is 5.82. The summed E-state index contributed by atoms with van der Waals surface area (Å²) in [5.41, 5.74) is 1.72. The number of fused-ring (bicyclic) bond motifs is 2. The maximum Gasteiger partial charge on any atom is 0.261 e. The van der Waals surface area contributed by atoms with Crippen LogP contribution < -0.4 is 10.1 Å². The van der Waals surface area contributed by atoms with Crippen LogP contribution in [0.25, 0.3) is 11.0 Å². The van der Waals surface area contributed by atoms with Crippen LogP contribution in [-0.2, 0) is 24.7 Å². The summed E-state index contributed by atoms with van der Waals surface area (Å²) >= 11 is 0. The van der Waals surface area contributed by atoms with Crippen molar-refractivity contribution >= 4 is 16.9 Å². The second-order valence-electron chi connectivity index (χ2n) is 6.27. The molecule has 0 spiro atoms. The highest BCUT2D eigenvalue weighted by Gasteiger charge is 2.30. The number of benzene rings is 2. The van der Waals surface area contributed by atoms with Crippen molar-refractivity contribution in [2.24, 2.45) is 7.05 Å². The van der Waals surface area contributed by atoms with Gasteiger partial charge in [-0.25, -0.2) is 13.8 Å². The molecule has 5 nitrogen and oxygen atoms in total. The first-order valence-corrected chi connectivity index (χ1v) is 8.36. The number of halogens is 2. The van der Waals surface area contributed by atoms with E-state index in [0.29, 0.717) is 41.8 Å². The zero-order valence-corrected chi connectivity index (χ0v) is 14.1. The van der Waals surface area contributed by atoms with Crippen LogP contribution in [0.3, 0.4) is 0 Å². The number of nitrogens with one attached hydrogen (secondary N) is 1. The van der Waals surface area contributed by atoms with Crippen LogP contribution in [0.2, 0.25) is 0 Å². The summed E-state index contributed by atoms with van der Waals surface area (Å²) in [7, 11) is 1.81. The Labute approximate surface area is 148 Å². The van der Waals surface area contributed by atoms with E-state index in [1.54, 1.807) is 24.3 Å². The first-order chi connectivity index (χ1) is 12.5. The minimum Gasteiger partial charge on any atom is -0.477 e. The van der Waals surface area contributed by atoms with E-state index >= 15 is 0 Å². The third-order valence-electron chi connectivity index (χ3n) is 4.61. The molecular formula is C19H17F2N3O2. The van der Waals surface area contributed by atoms with Gasteiger partial charge in [0.25, 0.3) is 5.91 Å². The SMILES string of the molecule is Cn1c(CCNC(=O)C2Cc3cccc(F)c3O2)nc2c(F)cccc21. The number of nitrogens with zero attached hydrogens (tertiary/aromatic N) is 2. The smallest absolute Gasteiger partial charge is 0.261 e. The molecule has 134 valence electrons. The molecule has 1 N–H and O–H groups in total.